The maximum atomic E-state index is 13.4. The number of nitrogens with one attached hydrogen (secondary N) is 3. The molecule has 0 spiro atoms. The largest absolute Gasteiger partial charge is 0.313 e. The first-order chi connectivity index (χ1) is 9.54. The van der Waals surface area contributed by atoms with Crippen LogP contribution in [-0.4, -0.2) is 30.1 Å². The fourth-order valence-corrected chi connectivity index (χ4v) is 2.77. The molecule has 0 unspecified atom stereocenters. The number of halogens is 1. The van der Waals surface area contributed by atoms with E-state index < -0.39 is 15.8 Å². The molecule has 20 heavy (non-hydrogen) atoms. The zero-order valence-corrected chi connectivity index (χ0v) is 11.5. The molecule has 0 radical (unpaired) electrons. The molecular weight excluding hydrogens is 285 g/mol. The summed E-state index contributed by atoms with van der Waals surface area (Å²) in [6, 6.07) is 1.24. The SMILES string of the molecule is CCNCc1cn[nH]c1S(=O)(=O)Nc1ccncc1F. The first kappa shape index (κ1) is 14.4. The normalized spacial score (nSPS) is 11.5. The number of anilines is 1. The lowest BCUT2D eigenvalue weighted by Gasteiger charge is -2.08. The number of sulfonamides is 1. The Hall–Kier alpha value is -2.00. The van der Waals surface area contributed by atoms with Gasteiger partial charge >= 0.3 is 0 Å². The van der Waals surface area contributed by atoms with Crippen molar-refractivity contribution in [2.45, 2.75) is 18.5 Å². The number of hydrogen-bond acceptors (Lipinski definition) is 5. The van der Waals surface area contributed by atoms with E-state index in [4.69, 9.17) is 0 Å². The summed E-state index contributed by atoms with van der Waals surface area (Å²) < 4.78 is 40.0. The van der Waals surface area contributed by atoms with E-state index in [9.17, 15) is 12.8 Å². The van der Waals surface area contributed by atoms with Gasteiger partial charge in [-0.25, -0.2) is 4.39 Å². The molecule has 9 heteroatoms. The van der Waals surface area contributed by atoms with Crippen LogP contribution in [-0.2, 0) is 16.6 Å². The van der Waals surface area contributed by atoms with Crippen LogP contribution in [0.25, 0.3) is 0 Å². The molecule has 0 saturated heterocycles. The predicted octanol–water partition coefficient (Wildman–Crippen LogP) is 0.854. The van der Waals surface area contributed by atoms with Crippen LogP contribution in [0.5, 0.6) is 0 Å². The second-order valence-corrected chi connectivity index (χ2v) is 5.58. The van der Waals surface area contributed by atoms with Gasteiger partial charge in [-0.1, -0.05) is 6.92 Å². The number of hydrogen-bond donors (Lipinski definition) is 3. The third kappa shape index (κ3) is 3.11. The van der Waals surface area contributed by atoms with Gasteiger partial charge in [0.2, 0.25) is 0 Å². The predicted molar refractivity (Wildman–Crippen MR) is 71.0 cm³/mol. The van der Waals surface area contributed by atoms with Crippen molar-refractivity contribution >= 4 is 15.7 Å². The topological polar surface area (TPSA) is 99.8 Å². The zero-order valence-electron chi connectivity index (χ0n) is 10.7. The minimum Gasteiger partial charge on any atom is -0.313 e. The molecule has 2 heterocycles. The summed E-state index contributed by atoms with van der Waals surface area (Å²) in [4.78, 5) is 3.56. The van der Waals surface area contributed by atoms with Gasteiger partial charge in [0, 0.05) is 18.3 Å². The number of nitrogens with zero attached hydrogens (tertiary/aromatic N) is 2. The number of rotatable bonds is 6. The lowest BCUT2D eigenvalue weighted by Crippen LogP contribution is -2.19. The summed E-state index contributed by atoms with van der Waals surface area (Å²) in [7, 11) is -3.93. The molecule has 3 N–H and O–H groups in total. The number of aromatic amines is 1. The van der Waals surface area contributed by atoms with Gasteiger partial charge in [-0.15, -0.1) is 0 Å². The second kappa shape index (κ2) is 5.97. The van der Waals surface area contributed by atoms with Gasteiger partial charge in [0.1, 0.15) is 0 Å². The van der Waals surface area contributed by atoms with Crippen molar-refractivity contribution in [2.75, 3.05) is 11.3 Å². The molecule has 0 saturated carbocycles. The fraction of sp³-hybridized carbons (Fsp3) is 0.273. The van der Waals surface area contributed by atoms with Crippen molar-refractivity contribution in [2.24, 2.45) is 0 Å². The van der Waals surface area contributed by atoms with Gasteiger partial charge in [0.05, 0.1) is 18.1 Å². The Morgan fingerprint density at radius 2 is 2.20 bits per heavy atom. The number of pyridine rings is 1. The molecule has 0 aromatic carbocycles. The van der Waals surface area contributed by atoms with Crippen LogP contribution in [0.3, 0.4) is 0 Å². The summed E-state index contributed by atoms with van der Waals surface area (Å²) in [5.74, 6) is -0.746. The van der Waals surface area contributed by atoms with Crippen LogP contribution in [0.1, 0.15) is 12.5 Å². The van der Waals surface area contributed by atoms with Crippen LogP contribution in [0.2, 0.25) is 0 Å². The summed E-state index contributed by atoms with van der Waals surface area (Å²) in [5, 5.41) is 9.05. The second-order valence-electron chi connectivity index (χ2n) is 3.97. The molecule has 7 nitrogen and oxygen atoms in total. The lowest BCUT2D eigenvalue weighted by molar-refractivity contribution is 0.591. The Morgan fingerprint density at radius 3 is 2.90 bits per heavy atom. The van der Waals surface area contributed by atoms with Gasteiger partial charge in [-0.2, -0.15) is 13.5 Å². The highest BCUT2D eigenvalue weighted by molar-refractivity contribution is 7.92. The van der Waals surface area contributed by atoms with Gasteiger partial charge in [0.15, 0.2) is 10.8 Å². The smallest absolute Gasteiger partial charge is 0.279 e. The summed E-state index contributed by atoms with van der Waals surface area (Å²) in [6.45, 7) is 2.94. The third-order valence-electron chi connectivity index (χ3n) is 2.53. The first-order valence-electron chi connectivity index (χ1n) is 5.90. The summed E-state index contributed by atoms with van der Waals surface area (Å²) in [6.07, 6.45) is 3.65. The molecule has 0 fully saturated rings. The van der Waals surface area contributed by atoms with Crippen molar-refractivity contribution in [3.63, 3.8) is 0 Å². The fourth-order valence-electron chi connectivity index (χ4n) is 1.57. The van der Waals surface area contributed by atoms with E-state index in [0.717, 1.165) is 6.20 Å². The summed E-state index contributed by atoms with van der Waals surface area (Å²) >= 11 is 0. The highest BCUT2D eigenvalue weighted by Crippen LogP contribution is 2.19. The van der Waals surface area contributed by atoms with Crippen LogP contribution in [0.4, 0.5) is 10.1 Å². The molecule has 2 aromatic heterocycles. The molecule has 0 aliphatic carbocycles. The van der Waals surface area contributed by atoms with E-state index >= 15 is 0 Å². The Morgan fingerprint density at radius 1 is 1.40 bits per heavy atom. The lowest BCUT2D eigenvalue weighted by atomic mass is 10.3. The minimum atomic E-state index is -3.93. The molecule has 0 aliphatic heterocycles. The number of H-pyrrole nitrogens is 1. The van der Waals surface area contributed by atoms with Crippen molar-refractivity contribution in [1.82, 2.24) is 20.5 Å². The Bertz CT molecular complexity index is 686. The van der Waals surface area contributed by atoms with E-state index in [1.54, 1.807) is 0 Å². The van der Waals surface area contributed by atoms with Crippen LogP contribution < -0.4 is 10.0 Å². The Labute approximate surface area is 115 Å². The average molecular weight is 299 g/mol. The molecule has 2 rings (SSSR count). The van der Waals surface area contributed by atoms with E-state index in [0.29, 0.717) is 18.7 Å². The van der Waals surface area contributed by atoms with Crippen molar-refractivity contribution in [3.8, 4) is 0 Å². The van der Waals surface area contributed by atoms with Crippen LogP contribution >= 0.6 is 0 Å². The minimum absolute atomic E-state index is 0.0883. The van der Waals surface area contributed by atoms with Gasteiger partial charge in [0.25, 0.3) is 10.0 Å². The van der Waals surface area contributed by atoms with E-state index in [1.165, 1.54) is 18.5 Å². The van der Waals surface area contributed by atoms with Crippen molar-refractivity contribution in [3.05, 3.63) is 36.0 Å². The molecular formula is C11H14FN5O2S. The van der Waals surface area contributed by atoms with Gasteiger partial charge in [-0.3, -0.25) is 14.8 Å². The average Bonchev–Trinajstić information content (AvgIpc) is 2.88. The van der Waals surface area contributed by atoms with E-state index in [2.05, 4.69) is 25.2 Å². The molecule has 2 aromatic rings. The molecule has 0 aliphatic rings. The molecule has 0 atom stereocenters. The van der Waals surface area contributed by atoms with Gasteiger partial charge in [-0.05, 0) is 12.6 Å². The molecule has 0 amide bonds. The summed E-state index contributed by atoms with van der Waals surface area (Å²) in [5.41, 5.74) is 0.317. The highest BCUT2D eigenvalue weighted by atomic mass is 32.2. The standard InChI is InChI=1S/C11H14FN5O2S/c1-2-13-5-8-6-15-16-11(8)20(18,19)17-10-3-4-14-7-9(10)12/h3-4,6-7,13H,2,5H2,1H3,(H,14,17)(H,15,16). The van der Waals surface area contributed by atoms with E-state index in [1.807, 2.05) is 6.92 Å². The zero-order chi connectivity index (χ0) is 14.6. The highest BCUT2D eigenvalue weighted by Gasteiger charge is 2.21. The molecule has 0 bridgehead atoms. The maximum absolute atomic E-state index is 13.4. The Kier molecular flexibility index (Phi) is 4.30. The Balaban J connectivity index is 2.27. The third-order valence-corrected chi connectivity index (χ3v) is 3.91. The molecule has 108 valence electrons. The monoisotopic (exact) mass is 299 g/mol. The van der Waals surface area contributed by atoms with Crippen LogP contribution in [0.15, 0.2) is 29.7 Å². The maximum Gasteiger partial charge on any atom is 0.279 e. The van der Waals surface area contributed by atoms with Crippen molar-refractivity contribution < 1.29 is 12.8 Å². The van der Waals surface area contributed by atoms with Crippen molar-refractivity contribution in [1.29, 1.82) is 0 Å². The number of aromatic nitrogens is 3. The van der Waals surface area contributed by atoms with E-state index in [-0.39, 0.29) is 10.7 Å². The quantitative estimate of drug-likeness (QED) is 0.734. The van der Waals surface area contributed by atoms with Gasteiger partial charge < -0.3 is 5.32 Å². The van der Waals surface area contributed by atoms with Crippen LogP contribution in [0, 0.1) is 5.82 Å². The first-order valence-corrected chi connectivity index (χ1v) is 7.38.